The zero-order chi connectivity index (χ0) is 15.7. The zero-order valence-electron chi connectivity index (χ0n) is 13.4. The van der Waals surface area contributed by atoms with Crippen LogP contribution in [-0.4, -0.2) is 57.6 Å². The number of aliphatic hydroxyl groups excluding tert-OH is 1. The minimum atomic E-state index is 0.0525. The van der Waals surface area contributed by atoms with Crippen molar-refractivity contribution in [3.63, 3.8) is 0 Å². The van der Waals surface area contributed by atoms with Crippen molar-refractivity contribution in [2.45, 2.75) is 51.8 Å². The van der Waals surface area contributed by atoms with Gasteiger partial charge in [-0.05, 0) is 32.1 Å². The van der Waals surface area contributed by atoms with E-state index in [0.29, 0.717) is 18.7 Å². The topological polar surface area (TPSA) is 67.6 Å². The lowest BCUT2D eigenvalue weighted by molar-refractivity contribution is -0.0449. The van der Waals surface area contributed by atoms with E-state index in [1.165, 1.54) is 0 Å². The van der Waals surface area contributed by atoms with E-state index in [1.54, 1.807) is 0 Å². The fraction of sp³-hybridized carbons (Fsp3) is 0.750. The Bertz CT molecular complexity index is 543. The summed E-state index contributed by atoms with van der Waals surface area (Å²) >= 11 is 0. The number of nitrogens with zero attached hydrogens (tertiary/aromatic N) is 3. The minimum Gasteiger partial charge on any atom is -0.396 e. The number of hydrogen-bond donors (Lipinski definition) is 1. The number of hydrogen-bond acceptors (Lipinski definition) is 4. The van der Waals surface area contributed by atoms with Gasteiger partial charge in [0.05, 0.1) is 30.0 Å². The first-order chi connectivity index (χ1) is 10.6. The second kappa shape index (κ2) is 6.38. The standard InChI is InChI=1S/C16H25N3O3/c1-3-4-18-9-13(11(2)17-18)16(21)19-5-6-22-15-8-12(10-20)7-14(15)19/h9,12,14-15,20H,3-8,10H2,1-2H3/t12-,14+,15+/m1/s1. The smallest absolute Gasteiger partial charge is 0.257 e. The number of aryl methyl sites for hydroxylation is 2. The summed E-state index contributed by atoms with van der Waals surface area (Å²) in [6.07, 6.45) is 4.61. The highest BCUT2D eigenvalue weighted by atomic mass is 16.5. The van der Waals surface area contributed by atoms with Gasteiger partial charge in [-0.2, -0.15) is 5.10 Å². The van der Waals surface area contributed by atoms with Gasteiger partial charge in [0.15, 0.2) is 0 Å². The summed E-state index contributed by atoms with van der Waals surface area (Å²) in [6.45, 7) is 6.19. The van der Waals surface area contributed by atoms with Crippen molar-refractivity contribution in [2.24, 2.45) is 5.92 Å². The van der Waals surface area contributed by atoms with E-state index in [4.69, 9.17) is 4.74 Å². The molecule has 1 aromatic rings. The van der Waals surface area contributed by atoms with Crippen LogP contribution in [0.1, 0.15) is 42.2 Å². The summed E-state index contributed by atoms with van der Waals surface area (Å²) in [5.74, 6) is 0.295. The van der Waals surface area contributed by atoms with Crippen LogP contribution in [0.2, 0.25) is 0 Å². The summed E-state index contributed by atoms with van der Waals surface area (Å²) < 4.78 is 7.65. The Balaban J connectivity index is 1.79. The monoisotopic (exact) mass is 307 g/mol. The number of carbonyl (C=O) groups is 1. The van der Waals surface area contributed by atoms with Crippen LogP contribution in [0.25, 0.3) is 0 Å². The third-order valence-electron chi connectivity index (χ3n) is 4.78. The van der Waals surface area contributed by atoms with Gasteiger partial charge in [0.2, 0.25) is 0 Å². The molecular weight excluding hydrogens is 282 g/mol. The number of morpholine rings is 1. The lowest BCUT2D eigenvalue weighted by Crippen LogP contribution is -2.51. The highest BCUT2D eigenvalue weighted by Gasteiger charge is 2.43. The van der Waals surface area contributed by atoms with Crippen LogP contribution in [-0.2, 0) is 11.3 Å². The van der Waals surface area contributed by atoms with E-state index in [2.05, 4.69) is 12.0 Å². The molecule has 6 heteroatoms. The Hall–Kier alpha value is -1.40. The first kappa shape index (κ1) is 15.5. The van der Waals surface area contributed by atoms with Crippen molar-refractivity contribution in [2.75, 3.05) is 19.8 Å². The van der Waals surface area contributed by atoms with Crippen molar-refractivity contribution in [3.8, 4) is 0 Å². The Morgan fingerprint density at radius 1 is 1.50 bits per heavy atom. The second-order valence-electron chi connectivity index (χ2n) is 6.39. The number of rotatable bonds is 4. The normalized spacial score (nSPS) is 28.0. The fourth-order valence-corrected chi connectivity index (χ4v) is 3.68. The molecule has 1 aliphatic carbocycles. The molecule has 2 fully saturated rings. The summed E-state index contributed by atoms with van der Waals surface area (Å²) in [7, 11) is 0. The number of fused-ring (bicyclic) bond motifs is 1. The van der Waals surface area contributed by atoms with Crippen LogP contribution in [0.3, 0.4) is 0 Å². The van der Waals surface area contributed by atoms with Gasteiger partial charge in [0.1, 0.15) is 0 Å². The lowest BCUT2D eigenvalue weighted by Gasteiger charge is -2.37. The molecule has 22 heavy (non-hydrogen) atoms. The van der Waals surface area contributed by atoms with E-state index in [9.17, 15) is 9.90 Å². The number of carbonyl (C=O) groups excluding carboxylic acids is 1. The van der Waals surface area contributed by atoms with Crippen molar-refractivity contribution < 1.29 is 14.6 Å². The van der Waals surface area contributed by atoms with Gasteiger partial charge in [-0.25, -0.2) is 0 Å². The van der Waals surface area contributed by atoms with Crippen molar-refractivity contribution in [1.29, 1.82) is 0 Å². The Morgan fingerprint density at radius 3 is 3.05 bits per heavy atom. The van der Waals surface area contributed by atoms with E-state index < -0.39 is 0 Å². The summed E-state index contributed by atoms with van der Waals surface area (Å²) in [5, 5.41) is 13.8. The quantitative estimate of drug-likeness (QED) is 0.908. The molecule has 2 heterocycles. The number of amides is 1. The van der Waals surface area contributed by atoms with Crippen LogP contribution in [0, 0.1) is 12.8 Å². The molecule has 122 valence electrons. The molecule has 1 N–H and O–H groups in total. The number of ether oxygens (including phenoxy) is 1. The molecule has 3 atom stereocenters. The predicted octanol–water partition coefficient (Wildman–Crippen LogP) is 1.21. The summed E-state index contributed by atoms with van der Waals surface area (Å²) in [4.78, 5) is 14.9. The third-order valence-corrected chi connectivity index (χ3v) is 4.78. The van der Waals surface area contributed by atoms with Gasteiger partial charge >= 0.3 is 0 Å². The van der Waals surface area contributed by atoms with Crippen LogP contribution in [0.4, 0.5) is 0 Å². The highest BCUT2D eigenvalue weighted by molar-refractivity contribution is 5.95. The van der Waals surface area contributed by atoms with Crippen LogP contribution in [0.15, 0.2) is 6.20 Å². The van der Waals surface area contributed by atoms with Gasteiger partial charge in [-0.15, -0.1) is 0 Å². The van der Waals surface area contributed by atoms with Crippen molar-refractivity contribution >= 4 is 5.91 Å². The molecule has 1 saturated carbocycles. The molecule has 3 rings (SSSR count). The second-order valence-corrected chi connectivity index (χ2v) is 6.39. The molecule has 0 radical (unpaired) electrons. The molecule has 0 unspecified atom stereocenters. The number of aliphatic hydroxyl groups is 1. The maximum Gasteiger partial charge on any atom is 0.257 e. The summed E-state index contributed by atoms with van der Waals surface area (Å²) in [6, 6.07) is 0.0901. The van der Waals surface area contributed by atoms with Crippen molar-refractivity contribution in [1.82, 2.24) is 14.7 Å². The largest absolute Gasteiger partial charge is 0.396 e. The Morgan fingerprint density at radius 2 is 2.32 bits per heavy atom. The first-order valence-corrected chi connectivity index (χ1v) is 8.21. The maximum absolute atomic E-state index is 12.9. The maximum atomic E-state index is 12.9. The molecule has 1 amide bonds. The third kappa shape index (κ3) is 2.77. The predicted molar refractivity (Wildman–Crippen MR) is 81.6 cm³/mol. The first-order valence-electron chi connectivity index (χ1n) is 8.21. The van der Waals surface area contributed by atoms with Crippen LogP contribution < -0.4 is 0 Å². The highest BCUT2D eigenvalue weighted by Crippen LogP contribution is 2.34. The van der Waals surface area contributed by atoms with Crippen LogP contribution >= 0.6 is 0 Å². The molecule has 1 aliphatic heterocycles. The van der Waals surface area contributed by atoms with E-state index in [1.807, 2.05) is 22.7 Å². The summed E-state index contributed by atoms with van der Waals surface area (Å²) in [5.41, 5.74) is 1.49. The zero-order valence-corrected chi connectivity index (χ0v) is 13.4. The van der Waals surface area contributed by atoms with Gasteiger partial charge < -0.3 is 14.7 Å². The molecule has 0 aromatic carbocycles. The van der Waals surface area contributed by atoms with E-state index in [-0.39, 0.29) is 30.6 Å². The van der Waals surface area contributed by atoms with Gasteiger partial charge in [-0.3, -0.25) is 9.48 Å². The molecule has 1 aromatic heterocycles. The molecule has 2 aliphatic rings. The lowest BCUT2D eigenvalue weighted by atomic mass is 10.1. The average molecular weight is 307 g/mol. The van der Waals surface area contributed by atoms with E-state index >= 15 is 0 Å². The fourth-order valence-electron chi connectivity index (χ4n) is 3.68. The minimum absolute atomic E-state index is 0.0525. The number of aromatic nitrogens is 2. The average Bonchev–Trinajstić information content (AvgIpc) is 3.09. The molecular formula is C16H25N3O3. The Labute approximate surface area is 131 Å². The molecule has 0 bridgehead atoms. The van der Waals surface area contributed by atoms with Gasteiger partial charge in [0.25, 0.3) is 5.91 Å². The molecule has 1 saturated heterocycles. The van der Waals surface area contributed by atoms with Gasteiger partial charge in [0, 0.05) is 25.9 Å². The Kier molecular flexibility index (Phi) is 4.49. The van der Waals surface area contributed by atoms with Crippen molar-refractivity contribution in [3.05, 3.63) is 17.5 Å². The SMILES string of the molecule is CCCn1cc(C(=O)N2CCO[C@H]3C[C@H](CO)C[C@@H]32)c(C)n1. The van der Waals surface area contributed by atoms with E-state index in [0.717, 1.165) is 31.5 Å². The molecule has 0 spiro atoms. The van der Waals surface area contributed by atoms with Crippen LogP contribution in [0.5, 0.6) is 0 Å². The van der Waals surface area contributed by atoms with Gasteiger partial charge in [-0.1, -0.05) is 6.92 Å². The molecule has 6 nitrogen and oxygen atoms in total.